The van der Waals surface area contributed by atoms with Crippen LogP contribution in [0, 0.1) is 0 Å². The maximum absolute atomic E-state index is 11.1. The number of anilines is 2. The Morgan fingerprint density at radius 3 is 2.67 bits per heavy atom. The van der Waals surface area contributed by atoms with E-state index < -0.39 is 5.97 Å². The second kappa shape index (κ2) is 4.45. The van der Waals surface area contributed by atoms with Crippen molar-refractivity contribution in [1.29, 1.82) is 0 Å². The van der Waals surface area contributed by atoms with Crippen molar-refractivity contribution in [2.45, 2.75) is 13.3 Å². The van der Waals surface area contributed by atoms with Crippen LogP contribution in [0.3, 0.4) is 0 Å². The van der Waals surface area contributed by atoms with Gasteiger partial charge in [0.25, 0.3) is 0 Å². The van der Waals surface area contributed by atoms with Gasteiger partial charge in [-0.15, -0.1) is 0 Å². The fourth-order valence-corrected chi connectivity index (χ4v) is 1.07. The molecule has 0 radical (unpaired) electrons. The van der Waals surface area contributed by atoms with Crippen molar-refractivity contribution >= 4 is 23.3 Å². The van der Waals surface area contributed by atoms with Crippen LogP contribution in [0.25, 0.3) is 0 Å². The quantitative estimate of drug-likeness (QED) is 0.653. The molecular formula is C10H12N2O3. The van der Waals surface area contributed by atoms with Gasteiger partial charge in [0.2, 0.25) is 5.91 Å². The summed E-state index contributed by atoms with van der Waals surface area (Å²) in [6, 6.07) is 4.36. The van der Waals surface area contributed by atoms with Gasteiger partial charge in [-0.1, -0.05) is 6.92 Å². The average molecular weight is 208 g/mol. The zero-order chi connectivity index (χ0) is 11.4. The number of nitrogen functional groups attached to an aromatic ring is 1. The summed E-state index contributed by atoms with van der Waals surface area (Å²) in [5.41, 5.74) is 6.07. The summed E-state index contributed by atoms with van der Waals surface area (Å²) in [7, 11) is 0. The second-order valence-electron chi connectivity index (χ2n) is 3.01. The molecule has 0 saturated carbocycles. The van der Waals surface area contributed by atoms with E-state index in [-0.39, 0.29) is 17.2 Å². The van der Waals surface area contributed by atoms with Gasteiger partial charge in [0.1, 0.15) is 0 Å². The Hall–Kier alpha value is -2.04. The van der Waals surface area contributed by atoms with Crippen molar-refractivity contribution in [3.8, 4) is 0 Å². The Bertz CT molecular complexity index is 402. The third kappa shape index (κ3) is 2.70. The molecule has 0 unspecified atom stereocenters. The number of carboxylic acids is 1. The van der Waals surface area contributed by atoms with E-state index in [1.165, 1.54) is 12.1 Å². The number of hydrogen-bond acceptors (Lipinski definition) is 3. The fraction of sp³-hybridized carbons (Fsp3) is 0.200. The predicted molar refractivity (Wildman–Crippen MR) is 56.7 cm³/mol. The molecule has 0 saturated heterocycles. The average Bonchev–Trinajstić information content (AvgIpc) is 2.20. The molecule has 0 aromatic heterocycles. The minimum absolute atomic E-state index is 0.0103. The first-order valence-electron chi connectivity index (χ1n) is 4.47. The second-order valence-corrected chi connectivity index (χ2v) is 3.01. The number of rotatable bonds is 3. The lowest BCUT2D eigenvalue weighted by molar-refractivity contribution is -0.115. The number of benzene rings is 1. The number of carbonyl (C=O) groups excluding carboxylic acids is 1. The first kappa shape index (κ1) is 11.0. The van der Waals surface area contributed by atoms with E-state index in [0.29, 0.717) is 12.1 Å². The number of amides is 1. The van der Waals surface area contributed by atoms with Crippen LogP contribution < -0.4 is 11.1 Å². The van der Waals surface area contributed by atoms with Crippen molar-refractivity contribution in [3.05, 3.63) is 23.8 Å². The lowest BCUT2D eigenvalue weighted by Crippen LogP contribution is -2.11. The summed E-state index contributed by atoms with van der Waals surface area (Å²) >= 11 is 0. The lowest BCUT2D eigenvalue weighted by atomic mass is 10.1. The first-order chi connectivity index (χ1) is 7.04. The van der Waals surface area contributed by atoms with Crippen LogP contribution in [0.4, 0.5) is 11.4 Å². The molecule has 5 nitrogen and oxygen atoms in total. The molecule has 0 atom stereocenters. The van der Waals surface area contributed by atoms with E-state index in [0.717, 1.165) is 0 Å². The zero-order valence-electron chi connectivity index (χ0n) is 8.28. The third-order valence-corrected chi connectivity index (χ3v) is 1.89. The topological polar surface area (TPSA) is 92.4 Å². The highest BCUT2D eigenvalue weighted by Gasteiger charge is 2.09. The highest BCUT2D eigenvalue weighted by Crippen LogP contribution is 2.17. The maximum atomic E-state index is 11.1. The number of hydrogen-bond donors (Lipinski definition) is 3. The minimum atomic E-state index is -1.11. The summed E-state index contributed by atoms with van der Waals surface area (Å²) in [5.74, 6) is -1.28. The smallest absolute Gasteiger partial charge is 0.337 e. The first-order valence-corrected chi connectivity index (χ1v) is 4.47. The Morgan fingerprint density at radius 1 is 1.47 bits per heavy atom. The molecule has 15 heavy (non-hydrogen) atoms. The van der Waals surface area contributed by atoms with Crippen LogP contribution in [-0.2, 0) is 4.79 Å². The molecule has 0 aliphatic heterocycles. The van der Waals surface area contributed by atoms with Crippen LogP contribution in [0.15, 0.2) is 18.2 Å². The standard InChI is InChI=1S/C10H12N2O3/c1-2-9(13)12-6-3-4-8(11)7(5-6)10(14)15/h3-5H,2,11H2,1H3,(H,12,13)(H,14,15). The third-order valence-electron chi connectivity index (χ3n) is 1.89. The molecule has 0 aliphatic carbocycles. The number of carboxylic acid groups (broad SMARTS) is 1. The van der Waals surface area contributed by atoms with Gasteiger partial charge in [0, 0.05) is 17.8 Å². The van der Waals surface area contributed by atoms with E-state index in [1.807, 2.05) is 0 Å². The van der Waals surface area contributed by atoms with Gasteiger partial charge in [-0.2, -0.15) is 0 Å². The van der Waals surface area contributed by atoms with Gasteiger partial charge in [0.05, 0.1) is 5.56 Å². The Morgan fingerprint density at radius 2 is 2.13 bits per heavy atom. The van der Waals surface area contributed by atoms with E-state index in [2.05, 4.69) is 5.32 Å². The van der Waals surface area contributed by atoms with Crippen molar-refractivity contribution in [1.82, 2.24) is 0 Å². The molecule has 0 heterocycles. The van der Waals surface area contributed by atoms with Gasteiger partial charge in [-0.05, 0) is 18.2 Å². The largest absolute Gasteiger partial charge is 0.478 e. The normalized spacial score (nSPS) is 9.67. The van der Waals surface area contributed by atoms with Crippen LogP contribution in [-0.4, -0.2) is 17.0 Å². The van der Waals surface area contributed by atoms with Gasteiger partial charge in [-0.25, -0.2) is 4.79 Å². The van der Waals surface area contributed by atoms with Crippen LogP contribution in [0.2, 0.25) is 0 Å². The summed E-state index contributed by atoms with van der Waals surface area (Å²) < 4.78 is 0. The summed E-state index contributed by atoms with van der Waals surface area (Å²) in [5, 5.41) is 11.3. The lowest BCUT2D eigenvalue weighted by Gasteiger charge is -2.06. The number of nitrogens with two attached hydrogens (primary N) is 1. The molecule has 4 N–H and O–H groups in total. The molecule has 1 amide bonds. The molecule has 1 aromatic rings. The predicted octanol–water partition coefficient (Wildman–Crippen LogP) is 1.32. The summed E-state index contributed by atoms with van der Waals surface area (Å²) in [6.07, 6.45) is 0.340. The van der Waals surface area contributed by atoms with E-state index in [1.54, 1.807) is 13.0 Å². The maximum Gasteiger partial charge on any atom is 0.337 e. The number of carbonyl (C=O) groups is 2. The summed E-state index contributed by atoms with van der Waals surface area (Å²) in [4.78, 5) is 21.8. The molecular weight excluding hydrogens is 196 g/mol. The molecule has 0 fully saturated rings. The van der Waals surface area contributed by atoms with Gasteiger partial charge in [-0.3, -0.25) is 4.79 Å². The minimum Gasteiger partial charge on any atom is -0.478 e. The van der Waals surface area contributed by atoms with Crippen LogP contribution in [0.5, 0.6) is 0 Å². The fourth-order valence-electron chi connectivity index (χ4n) is 1.07. The van der Waals surface area contributed by atoms with E-state index in [4.69, 9.17) is 10.8 Å². The van der Waals surface area contributed by atoms with Crippen LogP contribution in [0.1, 0.15) is 23.7 Å². The van der Waals surface area contributed by atoms with Gasteiger partial charge in [0.15, 0.2) is 0 Å². The van der Waals surface area contributed by atoms with Crippen molar-refractivity contribution < 1.29 is 14.7 Å². The Kier molecular flexibility index (Phi) is 3.28. The van der Waals surface area contributed by atoms with Gasteiger partial charge >= 0.3 is 5.97 Å². The molecule has 0 spiro atoms. The van der Waals surface area contributed by atoms with Crippen LogP contribution >= 0.6 is 0 Å². The van der Waals surface area contributed by atoms with Crippen molar-refractivity contribution in [2.24, 2.45) is 0 Å². The molecule has 80 valence electrons. The molecule has 1 aromatic carbocycles. The van der Waals surface area contributed by atoms with Gasteiger partial charge < -0.3 is 16.2 Å². The number of nitrogens with one attached hydrogen (secondary N) is 1. The summed E-state index contributed by atoms with van der Waals surface area (Å²) in [6.45, 7) is 1.71. The Labute approximate surface area is 86.9 Å². The Balaban J connectivity index is 2.97. The van der Waals surface area contributed by atoms with E-state index in [9.17, 15) is 9.59 Å². The highest BCUT2D eigenvalue weighted by atomic mass is 16.4. The molecule has 0 aliphatic rings. The van der Waals surface area contributed by atoms with Crippen molar-refractivity contribution in [3.63, 3.8) is 0 Å². The number of aromatic carboxylic acids is 1. The highest BCUT2D eigenvalue weighted by molar-refractivity contribution is 5.97. The molecule has 1 rings (SSSR count). The zero-order valence-corrected chi connectivity index (χ0v) is 8.28. The monoisotopic (exact) mass is 208 g/mol. The molecule has 5 heteroatoms. The van der Waals surface area contributed by atoms with Crippen molar-refractivity contribution in [2.75, 3.05) is 11.1 Å². The molecule has 0 bridgehead atoms. The SMILES string of the molecule is CCC(=O)Nc1ccc(N)c(C(=O)O)c1. The van der Waals surface area contributed by atoms with E-state index >= 15 is 0 Å².